The van der Waals surface area contributed by atoms with Gasteiger partial charge in [-0.2, -0.15) is 5.10 Å². The van der Waals surface area contributed by atoms with Crippen LogP contribution in [-0.4, -0.2) is 30.4 Å². The molecule has 2 aromatic heterocycles. The smallest absolute Gasteiger partial charge is 0.358 e. The number of hydrogen-bond donors (Lipinski definition) is 2. The number of aryl methyl sites for hydroxylation is 1. The van der Waals surface area contributed by atoms with E-state index in [0.29, 0.717) is 6.54 Å². The Morgan fingerprint density at radius 3 is 2.84 bits per heavy atom. The van der Waals surface area contributed by atoms with Crippen LogP contribution in [0.25, 0.3) is 5.82 Å². The quantitative estimate of drug-likeness (QED) is 0.809. The molecular weight excluding hydrogens is 250 g/mol. The first-order valence-corrected chi connectivity index (χ1v) is 5.68. The molecule has 0 aliphatic carbocycles. The number of rotatable bonds is 4. The van der Waals surface area contributed by atoms with Gasteiger partial charge in [-0.15, -0.1) is 0 Å². The standard InChI is InChI=1S/C11H13N5O3/c1-2-4-15-5-3-13-9(10(15)17)16-6-7(12)8(14-16)11(18)19/h3,5-6H,2,4,12H2,1H3,(H,18,19). The lowest BCUT2D eigenvalue weighted by atomic mass is 10.4. The molecule has 0 radical (unpaired) electrons. The lowest BCUT2D eigenvalue weighted by Gasteiger charge is -2.05. The van der Waals surface area contributed by atoms with Gasteiger partial charge in [-0.25, -0.2) is 14.5 Å². The van der Waals surface area contributed by atoms with Crippen molar-refractivity contribution < 1.29 is 9.90 Å². The third-order valence-corrected chi connectivity index (χ3v) is 2.52. The third-order valence-electron chi connectivity index (χ3n) is 2.52. The van der Waals surface area contributed by atoms with Crippen LogP contribution in [0.5, 0.6) is 0 Å². The van der Waals surface area contributed by atoms with E-state index in [9.17, 15) is 9.59 Å². The number of carboxylic acids is 1. The summed E-state index contributed by atoms with van der Waals surface area (Å²) >= 11 is 0. The van der Waals surface area contributed by atoms with Gasteiger partial charge >= 0.3 is 5.97 Å². The Labute approximate surface area is 108 Å². The molecule has 0 aromatic carbocycles. The van der Waals surface area contributed by atoms with Gasteiger partial charge in [-0.05, 0) is 6.42 Å². The molecule has 3 N–H and O–H groups in total. The number of aromatic carboxylic acids is 1. The van der Waals surface area contributed by atoms with Crippen molar-refractivity contribution in [2.45, 2.75) is 19.9 Å². The average Bonchev–Trinajstić information content (AvgIpc) is 2.74. The molecule has 8 nitrogen and oxygen atoms in total. The maximum atomic E-state index is 12.1. The minimum atomic E-state index is -1.25. The fourth-order valence-corrected chi connectivity index (χ4v) is 1.67. The maximum Gasteiger partial charge on any atom is 0.358 e. The van der Waals surface area contributed by atoms with Crippen LogP contribution in [0.2, 0.25) is 0 Å². The van der Waals surface area contributed by atoms with Crippen molar-refractivity contribution >= 4 is 11.7 Å². The number of nitrogens with two attached hydrogens (primary N) is 1. The number of carbonyl (C=O) groups is 1. The molecule has 0 unspecified atom stereocenters. The number of aromatic nitrogens is 4. The van der Waals surface area contributed by atoms with Crippen LogP contribution in [0.3, 0.4) is 0 Å². The van der Waals surface area contributed by atoms with Crippen molar-refractivity contribution in [1.29, 1.82) is 0 Å². The van der Waals surface area contributed by atoms with Gasteiger partial charge in [-0.1, -0.05) is 6.92 Å². The lowest BCUT2D eigenvalue weighted by Crippen LogP contribution is -2.25. The predicted molar refractivity (Wildman–Crippen MR) is 67.3 cm³/mol. The number of nitrogens with zero attached hydrogens (tertiary/aromatic N) is 4. The Balaban J connectivity index is 2.53. The van der Waals surface area contributed by atoms with Crippen LogP contribution >= 0.6 is 0 Å². The van der Waals surface area contributed by atoms with Crippen LogP contribution < -0.4 is 11.3 Å². The Bertz CT molecular complexity index is 673. The molecule has 0 atom stereocenters. The fraction of sp³-hybridized carbons (Fsp3) is 0.273. The molecule has 8 heteroatoms. The molecule has 19 heavy (non-hydrogen) atoms. The molecule has 0 spiro atoms. The van der Waals surface area contributed by atoms with Gasteiger partial charge in [0.1, 0.15) is 0 Å². The zero-order chi connectivity index (χ0) is 14.0. The van der Waals surface area contributed by atoms with Gasteiger partial charge in [0.05, 0.1) is 11.9 Å². The second-order valence-electron chi connectivity index (χ2n) is 3.93. The summed E-state index contributed by atoms with van der Waals surface area (Å²) in [6, 6.07) is 0. The second-order valence-corrected chi connectivity index (χ2v) is 3.93. The van der Waals surface area contributed by atoms with Crippen molar-refractivity contribution in [3.05, 3.63) is 34.6 Å². The zero-order valence-corrected chi connectivity index (χ0v) is 10.3. The predicted octanol–water partition coefficient (Wildman–Crippen LogP) is 0.119. The molecule has 2 rings (SSSR count). The molecule has 0 saturated carbocycles. The first kappa shape index (κ1) is 12.8. The van der Waals surface area contributed by atoms with Gasteiger partial charge < -0.3 is 15.4 Å². The number of carboxylic acid groups (broad SMARTS) is 1. The topological polar surface area (TPSA) is 116 Å². The summed E-state index contributed by atoms with van der Waals surface area (Å²) < 4.78 is 2.58. The first-order valence-electron chi connectivity index (χ1n) is 5.68. The number of hydrogen-bond acceptors (Lipinski definition) is 5. The first-order chi connectivity index (χ1) is 9.04. The van der Waals surface area contributed by atoms with E-state index in [1.54, 1.807) is 6.20 Å². The summed E-state index contributed by atoms with van der Waals surface area (Å²) in [5.41, 5.74) is 4.87. The third kappa shape index (κ3) is 2.32. The Kier molecular flexibility index (Phi) is 3.32. The SMILES string of the molecule is CCCn1ccnc(-n2cc(N)c(C(=O)O)n2)c1=O. The highest BCUT2D eigenvalue weighted by Crippen LogP contribution is 2.10. The molecule has 100 valence electrons. The van der Waals surface area contributed by atoms with Crippen molar-refractivity contribution in [3.8, 4) is 5.82 Å². The Morgan fingerprint density at radius 1 is 1.53 bits per heavy atom. The van der Waals surface area contributed by atoms with Crippen molar-refractivity contribution in [2.24, 2.45) is 0 Å². The fourth-order valence-electron chi connectivity index (χ4n) is 1.67. The van der Waals surface area contributed by atoms with Crippen molar-refractivity contribution in [1.82, 2.24) is 19.3 Å². The van der Waals surface area contributed by atoms with Crippen LogP contribution in [0, 0.1) is 0 Å². The Hall–Kier alpha value is -2.64. The molecular formula is C11H13N5O3. The number of anilines is 1. The molecule has 0 aliphatic rings. The molecule has 2 aromatic rings. The summed E-state index contributed by atoms with van der Waals surface area (Å²) in [7, 11) is 0. The summed E-state index contributed by atoms with van der Waals surface area (Å²) in [5.74, 6) is -1.23. The highest BCUT2D eigenvalue weighted by atomic mass is 16.4. The van der Waals surface area contributed by atoms with E-state index in [1.807, 2.05) is 6.92 Å². The summed E-state index contributed by atoms with van der Waals surface area (Å²) in [6.07, 6.45) is 5.10. The molecule has 0 fully saturated rings. The van der Waals surface area contributed by atoms with Crippen LogP contribution in [0.1, 0.15) is 23.8 Å². The number of nitrogen functional groups attached to an aromatic ring is 1. The van der Waals surface area contributed by atoms with E-state index in [1.165, 1.54) is 17.0 Å². The molecule has 0 amide bonds. The minimum Gasteiger partial charge on any atom is -0.476 e. The maximum absolute atomic E-state index is 12.1. The van der Waals surface area contributed by atoms with E-state index < -0.39 is 5.97 Å². The van der Waals surface area contributed by atoms with Crippen molar-refractivity contribution in [2.75, 3.05) is 5.73 Å². The monoisotopic (exact) mass is 263 g/mol. The highest BCUT2D eigenvalue weighted by molar-refractivity contribution is 5.91. The van der Waals surface area contributed by atoms with E-state index >= 15 is 0 Å². The zero-order valence-electron chi connectivity index (χ0n) is 10.3. The van der Waals surface area contributed by atoms with Gasteiger partial charge in [-0.3, -0.25) is 4.79 Å². The highest BCUT2D eigenvalue weighted by Gasteiger charge is 2.16. The molecule has 0 aliphatic heterocycles. The Morgan fingerprint density at radius 2 is 2.26 bits per heavy atom. The van der Waals surface area contributed by atoms with Crippen LogP contribution in [0.4, 0.5) is 5.69 Å². The van der Waals surface area contributed by atoms with E-state index in [-0.39, 0.29) is 22.8 Å². The molecule has 2 heterocycles. The van der Waals surface area contributed by atoms with E-state index in [4.69, 9.17) is 10.8 Å². The van der Waals surface area contributed by atoms with Crippen LogP contribution in [0.15, 0.2) is 23.4 Å². The van der Waals surface area contributed by atoms with Gasteiger partial charge in [0.2, 0.25) is 5.82 Å². The summed E-state index contributed by atoms with van der Waals surface area (Å²) in [5, 5.41) is 12.6. The van der Waals surface area contributed by atoms with Crippen molar-refractivity contribution in [3.63, 3.8) is 0 Å². The van der Waals surface area contributed by atoms with Crippen LogP contribution in [-0.2, 0) is 6.54 Å². The largest absolute Gasteiger partial charge is 0.476 e. The van der Waals surface area contributed by atoms with Gasteiger partial charge in [0, 0.05) is 18.9 Å². The van der Waals surface area contributed by atoms with E-state index in [2.05, 4.69) is 10.1 Å². The summed E-state index contributed by atoms with van der Waals surface area (Å²) in [6.45, 7) is 2.50. The minimum absolute atomic E-state index is 0.0143. The normalized spacial score (nSPS) is 10.6. The lowest BCUT2D eigenvalue weighted by molar-refractivity contribution is 0.0691. The van der Waals surface area contributed by atoms with Gasteiger partial charge in [0.15, 0.2) is 5.69 Å². The van der Waals surface area contributed by atoms with E-state index in [0.717, 1.165) is 11.1 Å². The average molecular weight is 263 g/mol. The summed E-state index contributed by atoms with van der Waals surface area (Å²) in [4.78, 5) is 26.9. The molecule has 0 saturated heterocycles. The molecule has 0 bridgehead atoms. The van der Waals surface area contributed by atoms with Gasteiger partial charge in [0.25, 0.3) is 5.56 Å². The second kappa shape index (κ2) is 4.92.